The molecule has 1 aliphatic heterocycles. The molecule has 0 atom stereocenters. The average Bonchev–Trinajstić information content (AvgIpc) is 2.42. The van der Waals surface area contributed by atoms with Crippen molar-refractivity contribution in [2.24, 2.45) is 0 Å². The van der Waals surface area contributed by atoms with Gasteiger partial charge in [0, 0.05) is 0 Å². The second kappa shape index (κ2) is 6.03. The van der Waals surface area contributed by atoms with Crippen LogP contribution in [0.15, 0.2) is 36.4 Å². The molecule has 0 amide bonds. The van der Waals surface area contributed by atoms with Gasteiger partial charge in [-0.05, 0) is 0 Å². The Kier molecular flexibility index (Phi) is 4.38. The first-order valence-corrected chi connectivity index (χ1v) is 7.86. The number of carbonyl (C=O) groups is 1. The van der Waals surface area contributed by atoms with E-state index in [0.717, 1.165) is 12.8 Å². The van der Waals surface area contributed by atoms with Gasteiger partial charge < -0.3 is 0 Å². The Labute approximate surface area is 103 Å². The molecule has 84 valence electrons. The molecular formula is C14H16OSe. The summed E-state index contributed by atoms with van der Waals surface area (Å²) in [4.78, 5) is 11.7. The van der Waals surface area contributed by atoms with Gasteiger partial charge in [-0.25, -0.2) is 0 Å². The standard InChI is InChI=1S/C14H16OSe/c15-13-9-5-2-6-10-16-14(11-13)12-7-3-1-4-8-12/h1,3-4,7-8,11H,2,5-6,9-10H2/b14-11-. The molecule has 1 heterocycles. The van der Waals surface area contributed by atoms with Crippen molar-refractivity contribution in [1.29, 1.82) is 0 Å². The van der Waals surface area contributed by atoms with Crippen LogP contribution in [0.1, 0.15) is 31.2 Å². The summed E-state index contributed by atoms with van der Waals surface area (Å²) in [6, 6.07) is 10.3. The van der Waals surface area contributed by atoms with Crippen LogP contribution in [0.25, 0.3) is 4.47 Å². The van der Waals surface area contributed by atoms with Gasteiger partial charge in [0.15, 0.2) is 0 Å². The van der Waals surface area contributed by atoms with Gasteiger partial charge in [0.1, 0.15) is 0 Å². The zero-order chi connectivity index (χ0) is 11.2. The van der Waals surface area contributed by atoms with Gasteiger partial charge in [-0.3, -0.25) is 0 Å². The Morgan fingerprint density at radius 1 is 1.00 bits per heavy atom. The Bertz CT molecular complexity index is 381. The van der Waals surface area contributed by atoms with Crippen molar-refractivity contribution in [3.63, 3.8) is 0 Å². The third-order valence-electron chi connectivity index (χ3n) is 2.68. The number of rotatable bonds is 1. The third-order valence-corrected chi connectivity index (χ3v) is 5.10. The van der Waals surface area contributed by atoms with Crippen molar-refractivity contribution in [1.82, 2.24) is 0 Å². The molecule has 0 saturated carbocycles. The number of benzene rings is 1. The monoisotopic (exact) mass is 280 g/mol. The third kappa shape index (κ3) is 3.33. The van der Waals surface area contributed by atoms with Crippen LogP contribution in [-0.2, 0) is 4.79 Å². The summed E-state index contributed by atoms with van der Waals surface area (Å²) in [5, 5.41) is 1.26. The van der Waals surface area contributed by atoms with Gasteiger partial charge in [0.2, 0.25) is 0 Å². The van der Waals surface area contributed by atoms with E-state index < -0.39 is 0 Å². The fourth-order valence-electron chi connectivity index (χ4n) is 1.79. The molecule has 1 aromatic rings. The molecule has 0 aromatic heterocycles. The average molecular weight is 279 g/mol. The van der Waals surface area contributed by atoms with E-state index >= 15 is 0 Å². The van der Waals surface area contributed by atoms with Crippen molar-refractivity contribution >= 4 is 25.2 Å². The molecule has 1 aliphatic rings. The van der Waals surface area contributed by atoms with Crippen molar-refractivity contribution in [3.8, 4) is 0 Å². The second-order valence-electron chi connectivity index (χ2n) is 4.00. The van der Waals surface area contributed by atoms with Crippen LogP contribution in [0.4, 0.5) is 0 Å². The maximum absolute atomic E-state index is 11.7. The van der Waals surface area contributed by atoms with Gasteiger partial charge in [-0.2, -0.15) is 0 Å². The summed E-state index contributed by atoms with van der Waals surface area (Å²) in [7, 11) is 0. The van der Waals surface area contributed by atoms with Gasteiger partial charge >= 0.3 is 103 Å². The molecule has 0 aliphatic carbocycles. The van der Waals surface area contributed by atoms with Crippen LogP contribution in [0.2, 0.25) is 5.32 Å². The molecular weight excluding hydrogens is 263 g/mol. The molecule has 0 bridgehead atoms. The summed E-state index contributed by atoms with van der Waals surface area (Å²) in [5.41, 5.74) is 1.23. The molecule has 16 heavy (non-hydrogen) atoms. The number of carbonyl (C=O) groups excluding carboxylic acids is 1. The molecule has 0 saturated heterocycles. The van der Waals surface area contributed by atoms with Crippen LogP contribution in [-0.4, -0.2) is 20.7 Å². The predicted molar refractivity (Wildman–Crippen MR) is 68.5 cm³/mol. The molecule has 1 aromatic carbocycles. The Hall–Kier alpha value is -0.851. The molecule has 1 nitrogen and oxygen atoms in total. The van der Waals surface area contributed by atoms with Crippen molar-refractivity contribution in [2.45, 2.75) is 31.0 Å². The van der Waals surface area contributed by atoms with Crippen molar-refractivity contribution < 1.29 is 4.79 Å². The molecule has 2 heteroatoms. The zero-order valence-electron chi connectivity index (χ0n) is 9.32. The fourth-order valence-corrected chi connectivity index (χ4v) is 4.07. The Morgan fingerprint density at radius 3 is 2.62 bits per heavy atom. The molecule has 0 unspecified atom stereocenters. The number of allylic oxidation sites excluding steroid dienone is 1. The molecule has 2 rings (SSSR count). The van der Waals surface area contributed by atoms with Crippen LogP contribution >= 0.6 is 0 Å². The van der Waals surface area contributed by atoms with E-state index in [0.29, 0.717) is 20.7 Å². The molecule has 0 spiro atoms. The SMILES string of the molecule is O=C1/C=C(/c2ccccc2)[Se]CCCCC1. The normalized spacial score (nSPS) is 21.5. The van der Waals surface area contributed by atoms with E-state index in [9.17, 15) is 4.79 Å². The summed E-state index contributed by atoms with van der Waals surface area (Å²) < 4.78 is 1.28. The second-order valence-corrected chi connectivity index (χ2v) is 6.39. The molecule has 0 fully saturated rings. The van der Waals surface area contributed by atoms with E-state index in [1.807, 2.05) is 24.3 Å². The fraction of sp³-hybridized carbons (Fsp3) is 0.357. The first-order valence-electron chi connectivity index (χ1n) is 5.79. The minimum atomic E-state index is 0.308. The first kappa shape index (κ1) is 11.6. The van der Waals surface area contributed by atoms with Gasteiger partial charge in [-0.1, -0.05) is 0 Å². The van der Waals surface area contributed by atoms with Gasteiger partial charge in [-0.15, -0.1) is 0 Å². The predicted octanol–water partition coefficient (Wildman–Crippen LogP) is 3.29. The number of hydrogen-bond donors (Lipinski definition) is 0. The summed E-state index contributed by atoms with van der Waals surface area (Å²) in [5.74, 6) is 0.308. The van der Waals surface area contributed by atoms with Crippen LogP contribution < -0.4 is 0 Å². The van der Waals surface area contributed by atoms with E-state index in [-0.39, 0.29) is 0 Å². The van der Waals surface area contributed by atoms with E-state index in [2.05, 4.69) is 12.1 Å². The van der Waals surface area contributed by atoms with E-state index in [4.69, 9.17) is 0 Å². The Morgan fingerprint density at radius 2 is 1.81 bits per heavy atom. The molecule has 0 radical (unpaired) electrons. The van der Waals surface area contributed by atoms with Crippen LogP contribution in [0, 0.1) is 0 Å². The summed E-state index contributed by atoms with van der Waals surface area (Å²) in [6.07, 6.45) is 6.17. The summed E-state index contributed by atoms with van der Waals surface area (Å²) in [6.45, 7) is 0. The first-order chi connectivity index (χ1) is 7.86. The van der Waals surface area contributed by atoms with Gasteiger partial charge in [0.25, 0.3) is 0 Å². The van der Waals surface area contributed by atoms with Crippen LogP contribution in [0.3, 0.4) is 0 Å². The Balaban J connectivity index is 2.22. The van der Waals surface area contributed by atoms with Gasteiger partial charge in [0.05, 0.1) is 0 Å². The molecule has 0 N–H and O–H groups in total. The number of ketones is 1. The minimum absolute atomic E-state index is 0.308. The van der Waals surface area contributed by atoms with E-state index in [1.54, 1.807) is 0 Å². The maximum atomic E-state index is 11.7. The number of hydrogen-bond acceptors (Lipinski definition) is 1. The topological polar surface area (TPSA) is 17.1 Å². The zero-order valence-corrected chi connectivity index (χ0v) is 11.0. The van der Waals surface area contributed by atoms with Crippen LogP contribution in [0.5, 0.6) is 0 Å². The van der Waals surface area contributed by atoms with Crippen molar-refractivity contribution in [2.75, 3.05) is 0 Å². The van der Waals surface area contributed by atoms with E-state index in [1.165, 1.54) is 28.2 Å². The quantitative estimate of drug-likeness (QED) is 0.721. The van der Waals surface area contributed by atoms with Crippen molar-refractivity contribution in [3.05, 3.63) is 42.0 Å². The summed E-state index contributed by atoms with van der Waals surface area (Å²) >= 11 is 0.460.